The minimum absolute atomic E-state index is 0.182. The highest BCUT2D eigenvalue weighted by molar-refractivity contribution is 7.89. The highest BCUT2D eigenvalue weighted by Gasteiger charge is 2.34. The van der Waals surface area contributed by atoms with Gasteiger partial charge in [0.05, 0.1) is 11.3 Å². The third-order valence-electron chi connectivity index (χ3n) is 4.80. The lowest BCUT2D eigenvalue weighted by atomic mass is 10.0. The molecule has 1 N–H and O–H groups in total. The number of rotatable bonds is 6. The van der Waals surface area contributed by atoms with E-state index in [-0.39, 0.29) is 5.75 Å². The summed E-state index contributed by atoms with van der Waals surface area (Å²) < 4.78 is 25.2. The van der Waals surface area contributed by atoms with Gasteiger partial charge in [-0.1, -0.05) is 25.1 Å². The topological polar surface area (TPSA) is 62.3 Å². The van der Waals surface area contributed by atoms with E-state index < -0.39 is 10.0 Å². The normalized spacial score (nSPS) is 16.3. The molecule has 1 saturated heterocycles. The molecule has 1 aromatic carbocycles. The van der Waals surface area contributed by atoms with E-state index in [2.05, 4.69) is 25.2 Å². The van der Waals surface area contributed by atoms with Crippen LogP contribution < -0.4 is 5.32 Å². The van der Waals surface area contributed by atoms with Gasteiger partial charge >= 0.3 is 0 Å². The fraction of sp³-hybridized carbons (Fsp3) is 0.500. The minimum Gasteiger partial charge on any atom is -0.384 e. The van der Waals surface area contributed by atoms with Gasteiger partial charge in [0, 0.05) is 42.3 Å². The lowest BCUT2D eigenvalue weighted by Gasteiger charge is -2.38. The van der Waals surface area contributed by atoms with Crippen molar-refractivity contribution >= 4 is 26.6 Å². The van der Waals surface area contributed by atoms with Crippen molar-refractivity contribution in [1.29, 1.82) is 0 Å². The van der Waals surface area contributed by atoms with Crippen molar-refractivity contribution in [2.45, 2.75) is 27.2 Å². The summed E-state index contributed by atoms with van der Waals surface area (Å²) in [7, 11) is -3.04. The minimum atomic E-state index is -3.04. The van der Waals surface area contributed by atoms with E-state index in [1.54, 1.807) is 11.2 Å². The Hall–Kier alpha value is -1.66. The van der Waals surface area contributed by atoms with Crippen LogP contribution in [0.15, 0.2) is 24.3 Å². The molecule has 0 spiro atoms. The Morgan fingerprint density at radius 2 is 1.96 bits per heavy atom. The second kappa shape index (κ2) is 6.69. The number of hydrogen-bond acceptors (Lipinski definition) is 4. The largest absolute Gasteiger partial charge is 0.384 e. The first-order valence-electron chi connectivity index (χ1n) is 8.56. The number of aryl methyl sites for hydroxylation is 1. The molecule has 1 aromatic heterocycles. The highest BCUT2D eigenvalue weighted by Crippen LogP contribution is 2.30. The Kier molecular flexibility index (Phi) is 4.78. The lowest BCUT2D eigenvalue weighted by Crippen LogP contribution is -2.52. The third kappa shape index (κ3) is 3.13. The molecule has 1 fully saturated rings. The van der Waals surface area contributed by atoms with Gasteiger partial charge in [0.2, 0.25) is 10.0 Å². The molecule has 0 bridgehead atoms. The number of aromatic nitrogens is 1. The second-order valence-corrected chi connectivity index (χ2v) is 8.64. The lowest BCUT2D eigenvalue weighted by molar-refractivity contribution is 0.212. The molecule has 0 aliphatic carbocycles. The Labute approximate surface area is 144 Å². The van der Waals surface area contributed by atoms with Gasteiger partial charge in [-0.2, -0.15) is 0 Å². The summed E-state index contributed by atoms with van der Waals surface area (Å²) in [5.41, 5.74) is 4.45. The summed E-state index contributed by atoms with van der Waals surface area (Å²) in [6.07, 6.45) is 0.924. The van der Waals surface area contributed by atoms with E-state index >= 15 is 0 Å². The molecule has 2 heterocycles. The smallest absolute Gasteiger partial charge is 0.213 e. The molecule has 3 rings (SSSR count). The van der Waals surface area contributed by atoms with Gasteiger partial charge < -0.3 is 5.32 Å². The first-order chi connectivity index (χ1) is 11.5. The van der Waals surface area contributed by atoms with E-state index in [1.165, 1.54) is 5.56 Å². The second-order valence-electron chi connectivity index (χ2n) is 6.39. The van der Waals surface area contributed by atoms with Crippen LogP contribution in [0.5, 0.6) is 0 Å². The Morgan fingerprint density at radius 3 is 2.62 bits per heavy atom. The van der Waals surface area contributed by atoms with Gasteiger partial charge in [-0.05, 0) is 31.9 Å². The van der Waals surface area contributed by atoms with E-state index in [9.17, 15) is 8.42 Å². The summed E-state index contributed by atoms with van der Waals surface area (Å²) in [4.78, 5) is 4.70. The van der Waals surface area contributed by atoms with Gasteiger partial charge in [-0.15, -0.1) is 0 Å². The first kappa shape index (κ1) is 17.2. The van der Waals surface area contributed by atoms with Crippen molar-refractivity contribution in [2.24, 2.45) is 5.92 Å². The molecule has 6 heteroatoms. The molecular formula is C18H25N3O2S. The molecule has 24 heavy (non-hydrogen) atoms. The average Bonchev–Trinajstić information content (AvgIpc) is 2.52. The molecule has 0 atom stereocenters. The maximum absolute atomic E-state index is 11.8. The van der Waals surface area contributed by atoms with Gasteiger partial charge in [0.15, 0.2) is 0 Å². The van der Waals surface area contributed by atoms with Crippen molar-refractivity contribution in [2.75, 3.05) is 30.7 Å². The third-order valence-corrected chi connectivity index (χ3v) is 6.62. The molecule has 0 amide bonds. The van der Waals surface area contributed by atoms with Gasteiger partial charge in [-0.3, -0.25) is 4.98 Å². The highest BCUT2D eigenvalue weighted by atomic mass is 32.2. The molecule has 0 saturated carbocycles. The zero-order valence-electron chi connectivity index (χ0n) is 14.5. The number of sulfonamides is 1. The average molecular weight is 347 g/mol. The number of hydrogen-bond donors (Lipinski definition) is 1. The van der Waals surface area contributed by atoms with Crippen molar-refractivity contribution in [3.63, 3.8) is 0 Å². The summed E-state index contributed by atoms with van der Waals surface area (Å²) >= 11 is 0. The van der Waals surface area contributed by atoms with Crippen LogP contribution in [0.4, 0.5) is 5.69 Å². The quantitative estimate of drug-likeness (QED) is 0.873. The van der Waals surface area contributed by atoms with E-state index in [0.29, 0.717) is 19.0 Å². The number of para-hydroxylation sites is 1. The van der Waals surface area contributed by atoms with Crippen LogP contribution in [-0.2, 0) is 16.4 Å². The maximum atomic E-state index is 11.8. The Bertz CT molecular complexity index is 843. The molecule has 1 aliphatic rings. The summed E-state index contributed by atoms with van der Waals surface area (Å²) in [6, 6.07) is 8.16. The van der Waals surface area contributed by atoms with Gasteiger partial charge in [-0.25, -0.2) is 12.7 Å². The predicted molar refractivity (Wildman–Crippen MR) is 98.9 cm³/mol. The fourth-order valence-corrected chi connectivity index (χ4v) is 4.56. The Balaban J connectivity index is 1.77. The maximum Gasteiger partial charge on any atom is 0.213 e. The molecule has 0 radical (unpaired) electrons. The monoisotopic (exact) mass is 347 g/mol. The predicted octanol–water partition coefficient (Wildman–Crippen LogP) is 2.80. The molecule has 5 nitrogen and oxygen atoms in total. The number of pyridine rings is 1. The zero-order chi connectivity index (χ0) is 17.3. The first-order valence-corrected chi connectivity index (χ1v) is 10.2. The number of anilines is 1. The van der Waals surface area contributed by atoms with Crippen LogP contribution in [-0.4, -0.2) is 43.1 Å². The van der Waals surface area contributed by atoms with Crippen LogP contribution >= 0.6 is 0 Å². The van der Waals surface area contributed by atoms with Crippen LogP contribution in [0.3, 0.4) is 0 Å². The molecular weight excluding hydrogens is 322 g/mol. The van der Waals surface area contributed by atoms with Crippen LogP contribution in [0.2, 0.25) is 0 Å². The van der Waals surface area contributed by atoms with Crippen LogP contribution in [0.1, 0.15) is 25.1 Å². The van der Waals surface area contributed by atoms with E-state index in [1.807, 2.05) is 18.2 Å². The SMILES string of the molecule is CCc1c(C)nc2ccccc2c1NCC1CN(S(=O)(=O)CC)C1. The van der Waals surface area contributed by atoms with Gasteiger partial charge in [0.25, 0.3) is 0 Å². The van der Waals surface area contributed by atoms with Crippen molar-refractivity contribution < 1.29 is 8.42 Å². The number of nitrogens with one attached hydrogen (secondary N) is 1. The zero-order valence-corrected chi connectivity index (χ0v) is 15.4. The van der Waals surface area contributed by atoms with E-state index in [0.717, 1.165) is 35.2 Å². The summed E-state index contributed by atoms with van der Waals surface area (Å²) in [5.74, 6) is 0.546. The molecule has 1 aliphatic heterocycles. The van der Waals surface area contributed by atoms with Crippen molar-refractivity contribution in [1.82, 2.24) is 9.29 Å². The Morgan fingerprint density at radius 1 is 1.25 bits per heavy atom. The summed E-state index contributed by atoms with van der Waals surface area (Å²) in [5, 5.41) is 4.71. The number of fused-ring (bicyclic) bond motifs is 1. The summed E-state index contributed by atoms with van der Waals surface area (Å²) in [6.45, 7) is 7.91. The van der Waals surface area contributed by atoms with Crippen molar-refractivity contribution in [3.8, 4) is 0 Å². The standard InChI is InChI=1S/C18H25N3O2S/c1-4-15-13(3)20-17-9-7-6-8-16(17)18(15)19-10-14-11-21(12-14)24(22,23)5-2/h6-9,14H,4-5,10-12H2,1-3H3,(H,19,20). The molecule has 2 aromatic rings. The molecule has 0 unspecified atom stereocenters. The van der Waals surface area contributed by atoms with Gasteiger partial charge in [0.1, 0.15) is 0 Å². The van der Waals surface area contributed by atoms with Crippen LogP contribution in [0, 0.1) is 12.8 Å². The fourth-order valence-electron chi connectivity index (χ4n) is 3.32. The van der Waals surface area contributed by atoms with Crippen LogP contribution in [0.25, 0.3) is 10.9 Å². The number of nitrogens with zero attached hydrogens (tertiary/aromatic N) is 2. The van der Waals surface area contributed by atoms with E-state index in [4.69, 9.17) is 4.98 Å². The number of benzene rings is 1. The molecule has 130 valence electrons. The van der Waals surface area contributed by atoms with Crippen molar-refractivity contribution in [3.05, 3.63) is 35.5 Å².